The normalized spacial score (nSPS) is 14.0. The molecule has 2 aromatic rings. The van der Waals surface area contributed by atoms with Crippen molar-refractivity contribution < 1.29 is 29.4 Å². The average molecular weight is 578 g/mol. The standard InChI is InChI=1S/C26H39N7O6S/c1-40-11-9-21(25(37)33-22(26(38)39)13-17-14-29-15-30-17)32-24(36)20(4-2-3-10-27)31-23(35)19(28)12-16-5-7-18(34)8-6-16/h5-8,14-15,19-22,34H,2-4,9-13,27-28H2,1H3,(H,29,30)(H,31,35)(H,32,36)(H,33,37)(H,38,39). The summed E-state index contributed by atoms with van der Waals surface area (Å²) in [5, 5.41) is 26.9. The molecule has 220 valence electrons. The molecule has 0 aliphatic carbocycles. The van der Waals surface area contributed by atoms with Gasteiger partial charge in [0.05, 0.1) is 12.4 Å². The van der Waals surface area contributed by atoms with E-state index < -0.39 is 47.9 Å². The fourth-order valence-electron chi connectivity index (χ4n) is 3.88. The van der Waals surface area contributed by atoms with Gasteiger partial charge in [0.2, 0.25) is 17.7 Å². The largest absolute Gasteiger partial charge is 0.508 e. The Kier molecular flexibility index (Phi) is 14.0. The number of nitrogens with zero attached hydrogens (tertiary/aromatic N) is 1. The summed E-state index contributed by atoms with van der Waals surface area (Å²) < 4.78 is 0. The molecule has 0 saturated heterocycles. The Hall–Kier alpha value is -3.62. The van der Waals surface area contributed by atoms with E-state index in [0.29, 0.717) is 30.8 Å². The number of carboxylic acid groups (broad SMARTS) is 1. The van der Waals surface area contributed by atoms with Crippen molar-refractivity contribution in [2.75, 3.05) is 18.6 Å². The number of carboxylic acids is 1. The molecule has 1 aromatic carbocycles. The van der Waals surface area contributed by atoms with E-state index in [0.717, 1.165) is 5.56 Å². The number of aromatic amines is 1. The second kappa shape index (κ2) is 17.2. The molecule has 14 heteroatoms. The lowest BCUT2D eigenvalue weighted by Crippen LogP contribution is -2.57. The minimum atomic E-state index is -1.24. The molecule has 1 heterocycles. The van der Waals surface area contributed by atoms with Gasteiger partial charge in [-0.1, -0.05) is 12.1 Å². The number of carbonyl (C=O) groups excluding carboxylic acids is 3. The molecule has 4 unspecified atom stereocenters. The van der Waals surface area contributed by atoms with Gasteiger partial charge < -0.3 is 42.6 Å². The maximum absolute atomic E-state index is 13.3. The molecule has 4 atom stereocenters. The zero-order chi connectivity index (χ0) is 29.5. The number of H-pyrrole nitrogens is 1. The van der Waals surface area contributed by atoms with Crippen LogP contribution in [0.4, 0.5) is 0 Å². The number of hydrogen-bond acceptors (Lipinski definition) is 9. The van der Waals surface area contributed by atoms with Crippen molar-refractivity contribution in [2.45, 2.75) is 62.7 Å². The van der Waals surface area contributed by atoms with Gasteiger partial charge in [-0.05, 0) is 68.4 Å². The van der Waals surface area contributed by atoms with Crippen molar-refractivity contribution >= 4 is 35.5 Å². The lowest BCUT2D eigenvalue weighted by molar-refractivity contribution is -0.142. The number of aromatic hydroxyl groups is 1. The molecule has 0 aliphatic rings. The highest BCUT2D eigenvalue weighted by Gasteiger charge is 2.30. The van der Waals surface area contributed by atoms with E-state index in [2.05, 4.69) is 25.9 Å². The Bertz CT molecular complexity index is 1080. The molecule has 0 radical (unpaired) electrons. The molecule has 0 spiro atoms. The van der Waals surface area contributed by atoms with Crippen LogP contribution < -0.4 is 27.4 Å². The van der Waals surface area contributed by atoms with Gasteiger partial charge in [-0.15, -0.1) is 0 Å². The van der Waals surface area contributed by atoms with Crippen LogP contribution in [0.15, 0.2) is 36.8 Å². The number of benzene rings is 1. The zero-order valence-electron chi connectivity index (χ0n) is 22.5. The smallest absolute Gasteiger partial charge is 0.326 e. The number of imidazole rings is 1. The first-order chi connectivity index (χ1) is 19.1. The maximum Gasteiger partial charge on any atom is 0.326 e. The molecule has 0 bridgehead atoms. The monoisotopic (exact) mass is 577 g/mol. The van der Waals surface area contributed by atoms with E-state index in [9.17, 15) is 29.4 Å². The van der Waals surface area contributed by atoms with E-state index in [1.165, 1.54) is 36.4 Å². The number of hydrogen-bond donors (Lipinski definition) is 8. The Morgan fingerprint density at radius 2 is 1.57 bits per heavy atom. The van der Waals surface area contributed by atoms with Gasteiger partial charge in [-0.3, -0.25) is 14.4 Å². The summed E-state index contributed by atoms with van der Waals surface area (Å²) in [6, 6.07) is 2.10. The number of phenolic OH excluding ortho intramolecular Hbond substituents is 1. The van der Waals surface area contributed by atoms with Crippen LogP contribution in [0.2, 0.25) is 0 Å². The number of carbonyl (C=O) groups is 4. The van der Waals surface area contributed by atoms with Crippen LogP contribution >= 0.6 is 11.8 Å². The average Bonchev–Trinajstić information content (AvgIpc) is 3.44. The molecule has 40 heavy (non-hydrogen) atoms. The second-order valence-corrected chi connectivity index (χ2v) is 10.3. The highest BCUT2D eigenvalue weighted by atomic mass is 32.2. The van der Waals surface area contributed by atoms with Gasteiger partial charge >= 0.3 is 5.97 Å². The number of thioether (sulfide) groups is 1. The number of phenols is 1. The summed E-state index contributed by atoms with van der Waals surface area (Å²) >= 11 is 1.47. The number of aromatic nitrogens is 2. The van der Waals surface area contributed by atoms with Gasteiger partial charge in [0.25, 0.3) is 0 Å². The topological polar surface area (TPSA) is 226 Å². The minimum Gasteiger partial charge on any atom is -0.508 e. The van der Waals surface area contributed by atoms with Crippen LogP contribution in [0.3, 0.4) is 0 Å². The van der Waals surface area contributed by atoms with Gasteiger partial charge in [-0.25, -0.2) is 9.78 Å². The first-order valence-electron chi connectivity index (χ1n) is 13.0. The maximum atomic E-state index is 13.3. The molecule has 1 aromatic heterocycles. The number of amides is 3. The molecule has 0 aliphatic heterocycles. The molecule has 0 saturated carbocycles. The summed E-state index contributed by atoms with van der Waals surface area (Å²) in [4.78, 5) is 57.7. The second-order valence-electron chi connectivity index (χ2n) is 9.35. The Labute approximate surface area is 237 Å². The van der Waals surface area contributed by atoms with Crippen molar-refractivity contribution in [3.63, 3.8) is 0 Å². The number of nitrogens with one attached hydrogen (secondary N) is 4. The first kappa shape index (κ1) is 32.6. The molecule has 10 N–H and O–H groups in total. The molecule has 13 nitrogen and oxygen atoms in total. The van der Waals surface area contributed by atoms with E-state index in [1.807, 2.05) is 6.26 Å². The Morgan fingerprint density at radius 1 is 0.950 bits per heavy atom. The van der Waals surface area contributed by atoms with Crippen molar-refractivity contribution in [3.05, 3.63) is 48.0 Å². The molecular formula is C26H39N7O6S. The van der Waals surface area contributed by atoms with Crippen LogP contribution in [-0.2, 0) is 32.0 Å². The van der Waals surface area contributed by atoms with Gasteiger partial charge in [0.15, 0.2) is 0 Å². The summed E-state index contributed by atoms with van der Waals surface area (Å²) in [5.41, 5.74) is 13.0. The van der Waals surface area contributed by atoms with Crippen molar-refractivity contribution in [2.24, 2.45) is 11.5 Å². The molecule has 2 rings (SSSR count). The number of unbranched alkanes of at least 4 members (excludes halogenated alkanes) is 1. The van der Waals surface area contributed by atoms with E-state index >= 15 is 0 Å². The summed E-state index contributed by atoms with van der Waals surface area (Å²) in [5.74, 6) is -2.38. The van der Waals surface area contributed by atoms with E-state index in [1.54, 1.807) is 12.1 Å². The van der Waals surface area contributed by atoms with Crippen LogP contribution in [0.25, 0.3) is 0 Å². The minimum absolute atomic E-state index is 0.0129. The van der Waals surface area contributed by atoms with Crippen LogP contribution in [-0.4, -0.2) is 86.6 Å². The summed E-state index contributed by atoms with van der Waals surface area (Å²) in [6.07, 6.45) is 6.60. The number of rotatable bonds is 18. The first-order valence-corrected chi connectivity index (χ1v) is 14.4. The quantitative estimate of drug-likeness (QED) is 0.107. The Balaban J connectivity index is 2.10. The SMILES string of the molecule is CSCCC(NC(=O)C(CCCCN)NC(=O)C(N)Cc1ccc(O)cc1)C(=O)NC(Cc1cnc[nH]1)C(=O)O. The van der Waals surface area contributed by atoms with Crippen LogP contribution in [0.1, 0.15) is 36.9 Å². The third-order valence-electron chi connectivity index (χ3n) is 6.15. The highest BCUT2D eigenvalue weighted by molar-refractivity contribution is 7.98. The third kappa shape index (κ3) is 11.2. The molecule has 0 fully saturated rings. The summed E-state index contributed by atoms with van der Waals surface area (Å²) in [6.45, 7) is 0.411. The van der Waals surface area contributed by atoms with Crippen molar-refractivity contribution in [1.29, 1.82) is 0 Å². The fraction of sp³-hybridized carbons (Fsp3) is 0.500. The Morgan fingerprint density at radius 3 is 2.15 bits per heavy atom. The predicted molar refractivity (Wildman–Crippen MR) is 151 cm³/mol. The summed E-state index contributed by atoms with van der Waals surface area (Å²) in [7, 11) is 0. The third-order valence-corrected chi connectivity index (χ3v) is 6.79. The number of aliphatic carboxylic acids is 1. The van der Waals surface area contributed by atoms with E-state index in [-0.39, 0.29) is 31.4 Å². The zero-order valence-corrected chi connectivity index (χ0v) is 23.3. The van der Waals surface area contributed by atoms with Gasteiger partial charge in [0.1, 0.15) is 23.9 Å². The van der Waals surface area contributed by atoms with Crippen LogP contribution in [0, 0.1) is 0 Å². The lowest BCUT2D eigenvalue weighted by Gasteiger charge is -2.25. The van der Waals surface area contributed by atoms with Crippen LogP contribution in [0.5, 0.6) is 5.75 Å². The molecule has 3 amide bonds. The van der Waals surface area contributed by atoms with Gasteiger partial charge in [0, 0.05) is 18.3 Å². The van der Waals surface area contributed by atoms with Gasteiger partial charge in [-0.2, -0.15) is 11.8 Å². The van der Waals surface area contributed by atoms with E-state index in [4.69, 9.17) is 11.5 Å². The predicted octanol–water partition coefficient (Wildman–Crippen LogP) is -0.351. The lowest BCUT2D eigenvalue weighted by atomic mass is 10.0. The molecular weight excluding hydrogens is 538 g/mol. The number of nitrogens with two attached hydrogens (primary N) is 2. The fourth-order valence-corrected chi connectivity index (χ4v) is 4.36. The van der Waals surface area contributed by atoms with Crippen molar-refractivity contribution in [3.8, 4) is 5.75 Å². The highest BCUT2D eigenvalue weighted by Crippen LogP contribution is 2.12. The van der Waals surface area contributed by atoms with Crippen molar-refractivity contribution in [1.82, 2.24) is 25.9 Å².